The number of para-hydroxylation sites is 1. The average Bonchev–Trinajstić information content (AvgIpc) is 2.52. The molecule has 0 saturated heterocycles. The SMILES string of the molecule is CC(=O)c1ccc(OCc2ccccc2[N+](=O)[O-])cc1CC(=O)O. The lowest BCUT2D eigenvalue weighted by Crippen LogP contribution is -2.07. The molecule has 0 atom stereocenters. The lowest BCUT2D eigenvalue weighted by Gasteiger charge is -2.10. The molecule has 0 amide bonds. The second-order valence-corrected chi connectivity index (χ2v) is 5.12. The van der Waals surface area contributed by atoms with E-state index in [0.717, 1.165) is 0 Å². The number of rotatable bonds is 7. The largest absolute Gasteiger partial charge is 0.489 e. The molecule has 7 heteroatoms. The van der Waals surface area contributed by atoms with Crippen LogP contribution in [0.3, 0.4) is 0 Å². The summed E-state index contributed by atoms with van der Waals surface area (Å²) < 4.78 is 5.53. The van der Waals surface area contributed by atoms with Crippen molar-refractivity contribution in [1.82, 2.24) is 0 Å². The Hall–Kier alpha value is -3.22. The number of carbonyl (C=O) groups excluding carboxylic acids is 1. The van der Waals surface area contributed by atoms with E-state index in [2.05, 4.69) is 0 Å². The molecule has 0 radical (unpaired) electrons. The van der Waals surface area contributed by atoms with Gasteiger partial charge in [0.05, 0.1) is 16.9 Å². The normalized spacial score (nSPS) is 10.2. The molecule has 0 unspecified atom stereocenters. The van der Waals surface area contributed by atoms with Gasteiger partial charge in [0.25, 0.3) is 5.69 Å². The first-order chi connectivity index (χ1) is 11.4. The molecule has 2 aromatic carbocycles. The lowest BCUT2D eigenvalue weighted by atomic mass is 10.0. The summed E-state index contributed by atoms with van der Waals surface area (Å²) in [5.74, 6) is -0.959. The topological polar surface area (TPSA) is 107 Å². The summed E-state index contributed by atoms with van der Waals surface area (Å²) >= 11 is 0. The highest BCUT2D eigenvalue weighted by atomic mass is 16.6. The highest BCUT2D eigenvalue weighted by molar-refractivity contribution is 5.96. The quantitative estimate of drug-likeness (QED) is 0.475. The van der Waals surface area contributed by atoms with Crippen molar-refractivity contribution in [2.45, 2.75) is 20.0 Å². The summed E-state index contributed by atoms with van der Waals surface area (Å²) in [7, 11) is 0. The van der Waals surface area contributed by atoms with Crippen molar-refractivity contribution in [1.29, 1.82) is 0 Å². The molecule has 24 heavy (non-hydrogen) atoms. The predicted octanol–water partition coefficient (Wildman–Crippen LogP) is 3.00. The van der Waals surface area contributed by atoms with Crippen LogP contribution >= 0.6 is 0 Å². The number of hydrogen-bond acceptors (Lipinski definition) is 5. The Kier molecular flexibility index (Phi) is 5.26. The third kappa shape index (κ3) is 4.16. The summed E-state index contributed by atoms with van der Waals surface area (Å²) in [5.41, 5.74) is 1.01. The van der Waals surface area contributed by atoms with Crippen molar-refractivity contribution in [3.8, 4) is 5.75 Å². The maximum absolute atomic E-state index is 11.5. The van der Waals surface area contributed by atoms with Crippen LogP contribution in [0.4, 0.5) is 5.69 Å². The van der Waals surface area contributed by atoms with Crippen molar-refractivity contribution < 1.29 is 24.4 Å². The lowest BCUT2D eigenvalue weighted by molar-refractivity contribution is -0.385. The zero-order valence-electron chi connectivity index (χ0n) is 12.9. The van der Waals surface area contributed by atoms with Crippen LogP contribution < -0.4 is 4.74 Å². The Labute approximate surface area is 137 Å². The smallest absolute Gasteiger partial charge is 0.307 e. The van der Waals surface area contributed by atoms with E-state index >= 15 is 0 Å². The number of Topliss-reactive ketones (excluding diaryl/α,β-unsaturated/α-hetero) is 1. The van der Waals surface area contributed by atoms with Gasteiger partial charge < -0.3 is 9.84 Å². The fourth-order valence-electron chi connectivity index (χ4n) is 2.28. The fourth-order valence-corrected chi connectivity index (χ4v) is 2.28. The zero-order chi connectivity index (χ0) is 17.7. The molecule has 0 aliphatic heterocycles. The molecule has 0 heterocycles. The van der Waals surface area contributed by atoms with Crippen molar-refractivity contribution in [3.63, 3.8) is 0 Å². The molecule has 0 spiro atoms. The van der Waals surface area contributed by atoms with Gasteiger partial charge in [-0.3, -0.25) is 19.7 Å². The number of nitro groups is 1. The van der Waals surface area contributed by atoms with E-state index in [1.54, 1.807) is 18.2 Å². The number of ketones is 1. The number of carboxylic acids is 1. The molecule has 2 rings (SSSR count). The number of hydrogen-bond donors (Lipinski definition) is 1. The van der Waals surface area contributed by atoms with Crippen LogP contribution in [-0.2, 0) is 17.8 Å². The molecular formula is C17H15NO6. The van der Waals surface area contributed by atoms with Gasteiger partial charge in [0.15, 0.2) is 5.78 Å². The van der Waals surface area contributed by atoms with Crippen LogP contribution in [0.1, 0.15) is 28.4 Å². The van der Waals surface area contributed by atoms with Gasteiger partial charge >= 0.3 is 5.97 Å². The van der Waals surface area contributed by atoms with Gasteiger partial charge in [-0.25, -0.2) is 0 Å². The molecular weight excluding hydrogens is 314 g/mol. The van der Waals surface area contributed by atoms with Crippen LogP contribution in [0.5, 0.6) is 5.75 Å². The van der Waals surface area contributed by atoms with Gasteiger partial charge in [-0.1, -0.05) is 12.1 Å². The number of nitrogens with zero attached hydrogens (tertiary/aromatic N) is 1. The molecule has 0 aromatic heterocycles. The maximum Gasteiger partial charge on any atom is 0.307 e. The van der Waals surface area contributed by atoms with Crippen LogP contribution in [0.25, 0.3) is 0 Å². The number of ether oxygens (including phenoxy) is 1. The molecule has 7 nitrogen and oxygen atoms in total. The van der Waals surface area contributed by atoms with E-state index < -0.39 is 10.9 Å². The first kappa shape index (κ1) is 17.1. The Morgan fingerprint density at radius 1 is 1.17 bits per heavy atom. The Balaban J connectivity index is 2.23. The van der Waals surface area contributed by atoms with Gasteiger partial charge in [0.1, 0.15) is 12.4 Å². The standard InChI is InChI=1S/C17H15NO6/c1-11(19)15-7-6-14(8-13(15)9-17(20)21)24-10-12-4-2-3-5-16(12)18(22)23/h2-8H,9-10H2,1H3,(H,20,21). The summed E-state index contributed by atoms with van der Waals surface area (Å²) in [6, 6.07) is 10.7. The summed E-state index contributed by atoms with van der Waals surface area (Å²) in [4.78, 5) is 33.0. The summed E-state index contributed by atoms with van der Waals surface area (Å²) in [6.07, 6.45) is -0.308. The zero-order valence-corrected chi connectivity index (χ0v) is 12.9. The van der Waals surface area contributed by atoms with E-state index in [1.807, 2.05) is 0 Å². The van der Waals surface area contributed by atoms with Crippen LogP contribution in [0, 0.1) is 10.1 Å². The molecule has 124 valence electrons. The van der Waals surface area contributed by atoms with Gasteiger partial charge in [-0.15, -0.1) is 0 Å². The minimum Gasteiger partial charge on any atom is -0.489 e. The summed E-state index contributed by atoms with van der Waals surface area (Å²) in [6.45, 7) is 1.32. The van der Waals surface area contributed by atoms with E-state index in [4.69, 9.17) is 9.84 Å². The van der Waals surface area contributed by atoms with E-state index in [9.17, 15) is 19.7 Å². The molecule has 1 N–H and O–H groups in total. The number of nitro benzene ring substituents is 1. The van der Waals surface area contributed by atoms with E-state index in [0.29, 0.717) is 22.4 Å². The van der Waals surface area contributed by atoms with Crippen LogP contribution in [-0.4, -0.2) is 21.8 Å². The minimum absolute atomic E-state index is 0.0386. The Morgan fingerprint density at radius 2 is 1.88 bits per heavy atom. The van der Waals surface area contributed by atoms with Crippen molar-refractivity contribution in [2.24, 2.45) is 0 Å². The molecule has 0 fully saturated rings. The van der Waals surface area contributed by atoms with Gasteiger partial charge in [0, 0.05) is 11.6 Å². The van der Waals surface area contributed by atoms with E-state index in [1.165, 1.54) is 31.2 Å². The van der Waals surface area contributed by atoms with Gasteiger partial charge in [-0.05, 0) is 36.8 Å². The predicted molar refractivity (Wildman–Crippen MR) is 85.2 cm³/mol. The number of carboxylic acid groups (broad SMARTS) is 1. The maximum atomic E-state index is 11.5. The first-order valence-corrected chi connectivity index (χ1v) is 7.09. The van der Waals surface area contributed by atoms with Crippen molar-refractivity contribution in [3.05, 3.63) is 69.3 Å². The molecule has 2 aromatic rings. The van der Waals surface area contributed by atoms with Crippen LogP contribution in [0.2, 0.25) is 0 Å². The Bertz CT molecular complexity index is 799. The first-order valence-electron chi connectivity index (χ1n) is 7.09. The van der Waals surface area contributed by atoms with Gasteiger partial charge in [-0.2, -0.15) is 0 Å². The molecule has 0 aliphatic rings. The van der Waals surface area contributed by atoms with Crippen molar-refractivity contribution in [2.75, 3.05) is 0 Å². The van der Waals surface area contributed by atoms with Gasteiger partial charge in [0.2, 0.25) is 0 Å². The molecule has 0 saturated carbocycles. The fraction of sp³-hybridized carbons (Fsp3) is 0.176. The van der Waals surface area contributed by atoms with Crippen LogP contribution in [0.15, 0.2) is 42.5 Å². The molecule has 0 bridgehead atoms. The third-order valence-electron chi connectivity index (χ3n) is 3.38. The number of benzene rings is 2. The highest BCUT2D eigenvalue weighted by Crippen LogP contribution is 2.23. The third-order valence-corrected chi connectivity index (χ3v) is 3.38. The number of carbonyl (C=O) groups is 2. The highest BCUT2D eigenvalue weighted by Gasteiger charge is 2.15. The van der Waals surface area contributed by atoms with Crippen molar-refractivity contribution >= 4 is 17.4 Å². The minimum atomic E-state index is -1.06. The monoisotopic (exact) mass is 329 g/mol. The second kappa shape index (κ2) is 7.36. The number of aliphatic carboxylic acids is 1. The summed E-state index contributed by atoms with van der Waals surface area (Å²) in [5, 5.41) is 19.9. The van der Waals surface area contributed by atoms with E-state index in [-0.39, 0.29) is 24.5 Å². The Morgan fingerprint density at radius 3 is 2.50 bits per heavy atom. The molecule has 0 aliphatic carbocycles. The average molecular weight is 329 g/mol. The second-order valence-electron chi connectivity index (χ2n) is 5.12.